The van der Waals surface area contributed by atoms with Gasteiger partial charge >= 0.3 is 13.1 Å². The van der Waals surface area contributed by atoms with E-state index in [4.69, 9.17) is 9.31 Å². The van der Waals surface area contributed by atoms with Crippen molar-refractivity contribution >= 4 is 30.0 Å². The molecule has 0 aromatic heterocycles. The van der Waals surface area contributed by atoms with Crippen molar-refractivity contribution in [2.24, 2.45) is 0 Å². The van der Waals surface area contributed by atoms with Gasteiger partial charge in [-0.15, -0.1) is 0 Å². The maximum absolute atomic E-state index is 14.7. The van der Waals surface area contributed by atoms with Crippen molar-refractivity contribution in [3.05, 3.63) is 53.1 Å². The van der Waals surface area contributed by atoms with Crippen molar-refractivity contribution in [1.82, 2.24) is 0 Å². The van der Waals surface area contributed by atoms with Gasteiger partial charge in [-0.25, -0.2) is 13.6 Å². The second kappa shape index (κ2) is 7.42. The highest BCUT2D eigenvalue weighted by Crippen LogP contribution is 2.37. The Morgan fingerprint density at radius 1 is 0.897 bits per heavy atom. The van der Waals surface area contributed by atoms with Crippen molar-refractivity contribution in [2.45, 2.75) is 52.7 Å². The number of nitrogens with one attached hydrogen (secondary N) is 2. The van der Waals surface area contributed by atoms with Crippen molar-refractivity contribution in [2.75, 3.05) is 10.6 Å². The van der Waals surface area contributed by atoms with E-state index in [1.807, 2.05) is 27.7 Å². The number of carbonyl (C=O) groups is 1. The number of hydrogen-bond donors (Lipinski definition) is 2. The predicted molar refractivity (Wildman–Crippen MR) is 111 cm³/mol. The Hall–Kier alpha value is -2.45. The Morgan fingerprint density at radius 2 is 1.45 bits per heavy atom. The number of rotatable bonds is 3. The summed E-state index contributed by atoms with van der Waals surface area (Å²) in [6.45, 7) is 11.2. The molecule has 1 aliphatic rings. The van der Waals surface area contributed by atoms with Gasteiger partial charge in [-0.2, -0.15) is 0 Å². The molecule has 0 spiro atoms. The maximum Gasteiger partial charge on any atom is 0.495 e. The first-order valence-corrected chi connectivity index (χ1v) is 9.39. The number of carbonyl (C=O) groups excluding carboxylic acids is 1. The lowest BCUT2D eigenvalue weighted by Gasteiger charge is -2.32. The van der Waals surface area contributed by atoms with Gasteiger partial charge in [0.05, 0.1) is 22.6 Å². The molecule has 1 saturated heterocycles. The summed E-state index contributed by atoms with van der Waals surface area (Å²) in [5, 5.41) is 4.82. The van der Waals surface area contributed by atoms with Gasteiger partial charge in [-0.1, -0.05) is 6.07 Å². The van der Waals surface area contributed by atoms with Crippen LogP contribution in [-0.2, 0) is 9.31 Å². The van der Waals surface area contributed by atoms with Crippen molar-refractivity contribution in [3.8, 4) is 0 Å². The minimum atomic E-state index is -0.740. The number of anilines is 2. The molecule has 0 saturated carbocycles. The van der Waals surface area contributed by atoms with Gasteiger partial charge in [0.1, 0.15) is 11.6 Å². The molecule has 2 aromatic rings. The van der Waals surface area contributed by atoms with Gasteiger partial charge in [0.25, 0.3) is 0 Å². The molecule has 2 amide bonds. The van der Waals surface area contributed by atoms with Crippen LogP contribution in [0, 0.1) is 25.5 Å². The Morgan fingerprint density at radius 3 is 2.03 bits per heavy atom. The first-order valence-electron chi connectivity index (χ1n) is 9.39. The van der Waals surface area contributed by atoms with Crippen LogP contribution in [0.15, 0.2) is 30.3 Å². The van der Waals surface area contributed by atoms with E-state index >= 15 is 0 Å². The number of urea groups is 1. The molecule has 0 unspecified atom stereocenters. The van der Waals surface area contributed by atoms with E-state index < -0.39 is 36.0 Å². The second-order valence-corrected chi connectivity index (χ2v) is 8.34. The van der Waals surface area contributed by atoms with E-state index in [-0.39, 0.29) is 11.4 Å². The average molecular weight is 402 g/mol. The zero-order valence-corrected chi connectivity index (χ0v) is 17.4. The zero-order chi connectivity index (χ0) is 21.6. The Bertz CT molecular complexity index is 947. The minimum absolute atomic E-state index is 0.0201. The SMILES string of the molecule is Cc1ccc(F)c(NC(=O)Nc2cc(C)c(B3OC(C)(C)C(C)(C)O3)cc2F)c1. The molecule has 29 heavy (non-hydrogen) atoms. The molecule has 0 radical (unpaired) electrons. The smallest absolute Gasteiger partial charge is 0.399 e. The third-order valence-corrected chi connectivity index (χ3v) is 5.48. The first-order chi connectivity index (χ1) is 13.4. The molecule has 2 aromatic carbocycles. The van der Waals surface area contributed by atoms with Crippen molar-refractivity contribution in [3.63, 3.8) is 0 Å². The van der Waals surface area contributed by atoms with Crippen LogP contribution >= 0.6 is 0 Å². The molecule has 5 nitrogen and oxygen atoms in total. The first kappa shape index (κ1) is 21.3. The van der Waals surface area contributed by atoms with E-state index in [0.29, 0.717) is 11.0 Å². The summed E-state index contributed by atoms with van der Waals surface area (Å²) in [5.41, 5.74) is 0.945. The lowest BCUT2D eigenvalue weighted by molar-refractivity contribution is 0.00578. The van der Waals surface area contributed by atoms with E-state index in [0.717, 1.165) is 5.56 Å². The van der Waals surface area contributed by atoms with Gasteiger partial charge in [-0.05, 0) is 82.4 Å². The summed E-state index contributed by atoms with van der Waals surface area (Å²) in [7, 11) is -0.709. The zero-order valence-electron chi connectivity index (χ0n) is 17.4. The van der Waals surface area contributed by atoms with Gasteiger partial charge in [-0.3, -0.25) is 0 Å². The van der Waals surface area contributed by atoms with Gasteiger partial charge < -0.3 is 19.9 Å². The molecule has 154 valence electrons. The van der Waals surface area contributed by atoms with E-state index in [2.05, 4.69) is 10.6 Å². The van der Waals surface area contributed by atoms with Crippen molar-refractivity contribution < 1.29 is 22.9 Å². The highest BCUT2D eigenvalue weighted by molar-refractivity contribution is 6.62. The highest BCUT2D eigenvalue weighted by Gasteiger charge is 2.52. The van der Waals surface area contributed by atoms with Crippen LogP contribution in [0.3, 0.4) is 0 Å². The molecule has 1 fully saturated rings. The van der Waals surface area contributed by atoms with E-state index in [1.165, 1.54) is 24.3 Å². The summed E-state index contributed by atoms with van der Waals surface area (Å²) in [6, 6.07) is 6.40. The molecular formula is C21H25BF2N2O3. The minimum Gasteiger partial charge on any atom is -0.399 e. The fourth-order valence-corrected chi connectivity index (χ4v) is 3.03. The van der Waals surface area contributed by atoms with Crippen LogP contribution in [0.5, 0.6) is 0 Å². The van der Waals surface area contributed by atoms with Crippen LogP contribution in [0.25, 0.3) is 0 Å². The predicted octanol–water partition coefficient (Wildman–Crippen LogP) is 4.52. The van der Waals surface area contributed by atoms with Crippen molar-refractivity contribution in [1.29, 1.82) is 0 Å². The number of amides is 2. The number of hydrogen-bond acceptors (Lipinski definition) is 3. The topological polar surface area (TPSA) is 59.6 Å². The fourth-order valence-electron chi connectivity index (χ4n) is 3.03. The molecule has 0 aliphatic carbocycles. The average Bonchev–Trinajstić information content (AvgIpc) is 2.81. The lowest BCUT2D eigenvalue weighted by atomic mass is 9.76. The standard InChI is InChI=1S/C21H25BF2N2O3/c1-12-7-8-15(23)17(9-12)25-19(27)26-18-10-13(2)14(11-16(18)24)22-28-20(3,4)21(5,6)29-22/h7-11H,1-6H3,(H2,25,26,27). The molecule has 1 aliphatic heterocycles. The largest absolute Gasteiger partial charge is 0.495 e. The molecule has 2 N–H and O–H groups in total. The maximum atomic E-state index is 14.7. The summed E-state index contributed by atoms with van der Waals surface area (Å²) >= 11 is 0. The molecule has 8 heteroatoms. The van der Waals surface area contributed by atoms with Crippen LogP contribution in [0.1, 0.15) is 38.8 Å². The quantitative estimate of drug-likeness (QED) is 0.742. The molecular weight excluding hydrogens is 377 g/mol. The summed E-state index contributed by atoms with van der Waals surface area (Å²) in [4.78, 5) is 12.2. The summed E-state index contributed by atoms with van der Waals surface area (Å²) < 4.78 is 40.5. The van der Waals surface area contributed by atoms with Crippen LogP contribution in [0.2, 0.25) is 0 Å². The number of benzene rings is 2. The number of halogens is 2. The van der Waals surface area contributed by atoms with E-state index in [1.54, 1.807) is 19.9 Å². The fraction of sp³-hybridized carbons (Fsp3) is 0.381. The van der Waals surface area contributed by atoms with Gasteiger partial charge in [0, 0.05) is 0 Å². The van der Waals surface area contributed by atoms with Crippen LogP contribution < -0.4 is 16.1 Å². The summed E-state index contributed by atoms with van der Waals surface area (Å²) in [6.07, 6.45) is 0. The van der Waals surface area contributed by atoms with Crippen LogP contribution in [-0.4, -0.2) is 24.4 Å². The van der Waals surface area contributed by atoms with Gasteiger partial charge in [0.15, 0.2) is 0 Å². The van der Waals surface area contributed by atoms with Gasteiger partial charge in [0.2, 0.25) is 0 Å². The second-order valence-electron chi connectivity index (χ2n) is 8.34. The molecule has 0 bridgehead atoms. The third-order valence-electron chi connectivity index (χ3n) is 5.48. The Kier molecular flexibility index (Phi) is 5.45. The molecule has 3 rings (SSSR count). The summed E-state index contributed by atoms with van der Waals surface area (Å²) in [5.74, 6) is -1.21. The normalized spacial score (nSPS) is 17.3. The molecule has 0 atom stereocenters. The third kappa shape index (κ3) is 4.28. The Labute approximate surface area is 169 Å². The molecule has 1 heterocycles. The Balaban J connectivity index is 1.78. The monoisotopic (exact) mass is 402 g/mol. The lowest BCUT2D eigenvalue weighted by Crippen LogP contribution is -2.41. The van der Waals surface area contributed by atoms with Crippen LogP contribution in [0.4, 0.5) is 25.0 Å². The van der Waals surface area contributed by atoms with E-state index in [9.17, 15) is 13.6 Å². The highest BCUT2D eigenvalue weighted by atomic mass is 19.1. The number of aryl methyl sites for hydroxylation is 2.